The maximum atomic E-state index is 4.55. The summed E-state index contributed by atoms with van der Waals surface area (Å²) in [6.45, 7) is 0. The fourth-order valence-corrected chi connectivity index (χ4v) is 2.88. The molecular formula is C18H12N4PtS. The third-order valence-electron chi connectivity index (χ3n) is 3.22. The smallest absolute Gasteiger partial charge is 0.265 e. The van der Waals surface area contributed by atoms with Gasteiger partial charge >= 0.3 is 21.1 Å². The molecule has 4 aromatic rings. The van der Waals surface area contributed by atoms with Crippen molar-refractivity contribution in [2.24, 2.45) is 0 Å². The van der Waals surface area contributed by atoms with Crippen molar-refractivity contribution in [3.8, 4) is 11.4 Å². The predicted molar refractivity (Wildman–Crippen MR) is 88.9 cm³/mol. The van der Waals surface area contributed by atoms with Gasteiger partial charge in [-0.2, -0.15) is 58.7 Å². The molecule has 6 heteroatoms. The molecule has 0 N–H and O–H groups in total. The van der Waals surface area contributed by atoms with Crippen LogP contribution in [0.2, 0.25) is 0 Å². The van der Waals surface area contributed by atoms with Crippen LogP contribution in [0.15, 0.2) is 83.1 Å². The Balaban J connectivity index is 0.00000169. The van der Waals surface area contributed by atoms with Crippen LogP contribution in [0.3, 0.4) is 0 Å². The number of hydrogen-bond acceptors (Lipinski definition) is 3. The summed E-state index contributed by atoms with van der Waals surface area (Å²) >= 11 is 1.53. The Morgan fingerprint density at radius 3 is 1.62 bits per heavy atom. The molecule has 0 aliphatic rings. The fourth-order valence-electron chi connectivity index (χ4n) is 2.15. The van der Waals surface area contributed by atoms with E-state index in [0.717, 1.165) is 21.4 Å². The monoisotopic (exact) mass is 511 g/mol. The van der Waals surface area contributed by atoms with E-state index in [1.54, 1.807) is 0 Å². The van der Waals surface area contributed by atoms with Gasteiger partial charge in [0, 0.05) is 12.4 Å². The van der Waals surface area contributed by atoms with Gasteiger partial charge in [0.25, 0.3) is 0 Å². The number of hydrogen-bond donors (Lipinski definition) is 0. The summed E-state index contributed by atoms with van der Waals surface area (Å²) in [5, 5.41) is 10.9. The number of benzene rings is 2. The Kier molecular flexibility index (Phi) is 5.33. The van der Waals surface area contributed by atoms with Crippen LogP contribution in [0, 0.1) is 12.1 Å². The maximum absolute atomic E-state index is 4.55. The van der Waals surface area contributed by atoms with Gasteiger partial charge in [-0.05, 0) is 35.3 Å². The van der Waals surface area contributed by atoms with Crippen LogP contribution in [0.5, 0.6) is 0 Å². The molecule has 0 spiro atoms. The van der Waals surface area contributed by atoms with Crippen molar-refractivity contribution in [2.45, 2.75) is 10.1 Å². The molecule has 0 aliphatic heterocycles. The first-order valence-electron chi connectivity index (χ1n) is 7.12. The molecule has 0 unspecified atom stereocenters. The molecule has 0 bridgehead atoms. The fraction of sp³-hybridized carbons (Fsp3) is 0. The predicted octanol–water partition coefficient (Wildman–Crippen LogP) is 3.81. The summed E-state index contributed by atoms with van der Waals surface area (Å²) in [7, 11) is 0. The van der Waals surface area contributed by atoms with Gasteiger partial charge in [-0.1, -0.05) is 0 Å². The zero-order valence-electron chi connectivity index (χ0n) is 12.4. The van der Waals surface area contributed by atoms with Crippen LogP contribution in [0.1, 0.15) is 0 Å². The Labute approximate surface area is 158 Å². The average molecular weight is 511 g/mol. The molecule has 24 heavy (non-hydrogen) atoms. The van der Waals surface area contributed by atoms with Crippen molar-refractivity contribution < 1.29 is 21.1 Å². The molecule has 0 radical (unpaired) electrons. The van der Waals surface area contributed by atoms with Gasteiger partial charge < -0.3 is 0 Å². The molecule has 0 aliphatic carbocycles. The van der Waals surface area contributed by atoms with E-state index in [-0.39, 0.29) is 21.1 Å². The minimum atomic E-state index is 0. The van der Waals surface area contributed by atoms with Crippen molar-refractivity contribution >= 4 is 11.8 Å². The number of para-hydroxylation sites is 2. The van der Waals surface area contributed by atoms with Crippen LogP contribution in [-0.2, 0) is 21.1 Å². The van der Waals surface area contributed by atoms with E-state index in [1.807, 2.05) is 82.4 Å². The van der Waals surface area contributed by atoms with Gasteiger partial charge in [0.05, 0.1) is 0 Å². The third kappa shape index (κ3) is 3.69. The number of nitrogens with zero attached hydrogens (tertiary/aromatic N) is 4. The average Bonchev–Trinajstić information content (AvgIpc) is 3.27. The molecule has 2 aromatic heterocycles. The molecule has 0 saturated heterocycles. The molecule has 120 valence electrons. The summed E-state index contributed by atoms with van der Waals surface area (Å²) in [5.41, 5.74) is 1.84. The van der Waals surface area contributed by atoms with E-state index in [2.05, 4.69) is 22.3 Å². The van der Waals surface area contributed by atoms with E-state index in [4.69, 9.17) is 0 Å². The maximum Gasteiger partial charge on any atom is 2.00 e. The second-order valence-electron chi connectivity index (χ2n) is 4.79. The first-order chi connectivity index (χ1) is 11.4. The van der Waals surface area contributed by atoms with E-state index < -0.39 is 0 Å². The zero-order chi connectivity index (χ0) is 15.5. The van der Waals surface area contributed by atoms with Crippen molar-refractivity contribution in [1.82, 2.24) is 19.6 Å². The van der Waals surface area contributed by atoms with Crippen molar-refractivity contribution in [3.63, 3.8) is 0 Å². The minimum absolute atomic E-state index is 0. The van der Waals surface area contributed by atoms with Gasteiger partial charge in [-0.3, -0.25) is 9.36 Å². The molecule has 4 nitrogen and oxygen atoms in total. The minimum Gasteiger partial charge on any atom is -0.265 e. The Hall–Kier alpha value is -2.10. The van der Waals surface area contributed by atoms with Gasteiger partial charge in [-0.15, -0.1) is 12.1 Å². The second kappa shape index (κ2) is 7.65. The molecule has 0 atom stereocenters. The first-order valence-corrected chi connectivity index (χ1v) is 7.93. The second-order valence-corrected chi connectivity index (χ2v) is 5.84. The van der Waals surface area contributed by atoms with Gasteiger partial charge in [0.1, 0.15) is 10.1 Å². The molecule has 2 heterocycles. The van der Waals surface area contributed by atoms with E-state index in [1.165, 1.54) is 11.8 Å². The van der Waals surface area contributed by atoms with Gasteiger partial charge in [0.2, 0.25) is 0 Å². The van der Waals surface area contributed by atoms with Crippen LogP contribution in [0.25, 0.3) is 11.4 Å². The van der Waals surface area contributed by atoms with Crippen molar-refractivity contribution in [3.05, 3.63) is 85.2 Å². The van der Waals surface area contributed by atoms with Crippen LogP contribution >= 0.6 is 11.8 Å². The molecule has 0 amide bonds. The molecule has 2 aromatic carbocycles. The van der Waals surface area contributed by atoms with E-state index in [0.29, 0.717) is 0 Å². The number of rotatable bonds is 4. The topological polar surface area (TPSA) is 35.6 Å². The third-order valence-corrected chi connectivity index (χ3v) is 4.07. The SMILES string of the molecule is [Pt+2].[c-]1ccccc1-n1ccc(Sc2ccn(-c3[c-]cccc3)n2)n1. The molecule has 0 fully saturated rings. The molecule has 4 rings (SSSR count). The summed E-state index contributed by atoms with van der Waals surface area (Å²) in [5.74, 6) is 0. The van der Waals surface area contributed by atoms with Crippen LogP contribution in [0.4, 0.5) is 0 Å². The van der Waals surface area contributed by atoms with Crippen LogP contribution in [-0.4, -0.2) is 19.6 Å². The number of aromatic nitrogens is 4. The summed E-state index contributed by atoms with van der Waals surface area (Å²) < 4.78 is 3.62. The van der Waals surface area contributed by atoms with Gasteiger partial charge in [-0.25, -0.2) is 0 Å². The largest absolute Gasteiger partial charge is 2.00 e. The Morgan fingerprint density at radius 2 is 1.21 bits per heavy atom. The van der Waals surface area contributed by atoms with Crippen LogP contribution < -0.4 is 0 Å². The van der Waals surface area contributed by atoms with Gasteiger partial charge in [0.15, 0.2) is 0 Å². The zero-order valence-corrected chi connectivity index (χ0v) is 15.5. The quantitative estimate of drug-likeness (QED) is 0.391. The summed E-state index contributed by atoms with van der Waals surface area (Å²) in [6.07, 6.45) is 3.85. The summed E-state index contributed by atoms with van der Waals surface area (Å²) in [6, 6.07) is 25.8. The first kappa shape index (κ1) is 16.7. The molecular weight excluding hydrogens is 499 g/mol. The molecule has 0 saturated carbocycles. The standard InChI is InChI=1S/C18H12N4S.Pt/c1-3-7-15(8-4-1)21-13-11-17(19-21)23-18-12-14-22(20-18)16-9-5-2-6-10-16;/h1-7,9,11-14H;/q-2;+2. The van der Waals surface area contributed by atoms with Crippen molar-refractivity contribution in [1.29, 1.82) is 0 Å². The van der Waals surface area contributed by atoms with E-state index >= 15 is 0 Å². The summed E-state index contributed by atoms with van der Waals surface area (Å²) in [4.78, 5) is 0. The Morgan fingerprint density at radius 1 is 0.708 bits per heavy atom. The van der Waals surface area contributed by atoms with E-state index in [9.17, 15) is 0 Å². The Bertz CT molecular complexity index is 827. The normalized spacial score (nSPS) is 10.3. The van der Waals surface area contributed by atoms with Crippen molar-refractivity contribution in [2.75, 3.05) is 0 Å².